The summed E-state index contributed by atoms with van der Waals surface area (Å²) in [4.78, 5) is 12.3. The predicted octanol–water partition coefficient (Wildman–Crippen LogP) is 2.34. The van der Waals surface area contributed by atoms with E-state index < -0.39 is 0 Å². The topological polar surface area (TPSA) is 49.3 Å². The molecule has 1 aromatic rings. The van der Waals surface area contributed by atoms with E-state index in [1.807, 2.05) is 24.3 Å². The van der Waals surface area contributed by atoms with Crippen molar-refractivity contribution in [1.82, 2.24) is 5.32 Å². The van der Waals surface area contributed by atoms with E-state index in [9.17, 15) is 4.79 Å². The van der Waals surface area contributed by atoms with Gasteiger partial charge in [-0.2, -0.15) is 0 Å². The number of carbonyl (C=O) groups is 1. The maximum atomic E-state index is 12.3. The average Bonchev–Trinajstić information content (AvgIpc) is 3.39. The molecule has 3 heteroatoms. The molecule has 2 fully saturated rings. The zero-order chi connectivity index (χ0) is 14.7. The molecule has 110 valence electrons. The quantitative estimate of drug-likeness (QED) is 0.815. The van der Waals surface area contributed by atoms with Crippen LogP contribution in [0, 0.1) is 23.7 Å². The van der Waals surface area contributed by atoms with E-state index >= 15 is 0 Å². The molecule has 2 saturated carbocycles. The fourth-order valence-electron chi connectivity index (χ4n) is 2.69. The van der Waals surface area contributed by atoms with Gasteiger partial charge in [0.1, 0.15) is 0 Å². The Hall–Kier alpha value is -1.79. The summed E-state index contributed by atoms with van der Waals surface area (Å²) < 4.78 is 0. The van der Waals surface area contributed by atoms with Gasteiger partial charge in [-0.15, -0.1) is 0 Å². The van der Waals surface area contributed by atoms with E-state index in [-0.39, 0.29) is 12.5 Å². The number of rotatable bonds is 5. The molecular formula is C18H21NO2. The van der Waals surface area contributed by atoms with Crippen LogP contribution in [0.15, 0.2) is 24.3 Å². The highest BCUT2D eigenvalue weighted by Gasteiger charge is 2.42. The van der Waals surface area contributed by atoms with E-state index in [0.29, 0.717) is 29.9 Å². The number of nitrogens with one attached hydrogen (secondary N) is 1. The molecule has 2 aliphatic carbocycles. The normalized spacial score (nSPS) is 17.2. The van der Waals surface area contributed by atoms with Crippen molar-refractivity contribution in [2.24, 2.45) is 11.8 Å². The Morgan fingerprint density at radius 1 is 1.19 bits per heavy atom. The average molecular weight is 283 g/mol. The highest BCUT2D eigenvalue weighted by Crippen LogP contribution is 2.44. The van der Waals surface area contributed by atoms with Gasteiger partial charge in [0.15, 0.2) is 0 Å². The third-order valence-electron chi connectivity index (χ3n) is 4.17. The van der Waals surface area contributed by atoms with Crippen molar-refractivity contribution >= 4 is 5.91 Å². The van der Waals surface area contributed by atoms with E-state index in [1.54, 1.807) is 0 Å². The maximum Gasteiger partial charge on any atom is 0.251 e. The summed E-state index contributed by atoms with van der Waals surface area (Å²) in [5.41, 5.74) is 1.58. The Balaban J connectivity index is 1.60. The van der Waals surface area contributed by atoms with Crippen molar-refractivity contribution in [2.45, 2.75) is 38.1 Å². The van der Waals surface area contributed by atoms with Crippen LogP contribution in [0.3, 0.4) is 0 Å². The van der Waals surface area contributed by atoms with Gasteiger partial charge in [-0.25, -0.2) is 0 Å². The summed E-state index contributed by atoms with van der Waals surface area (Å²) >= 11 is 0. The van der Waals surface area contributed by atoms with Crippen LogP contribution in [-0.4, -0.2) is 23.7 Å². The first-order chi connectivity index (χ1) is 10.3. The molecular weight excluding hydrogens is 262 g/mol. The molecule has 0 saturated heterocycles. The lowest BCUT2D eigenvalue weighted by Gasteiger charge is -2.17. The monoisotopic (exact) mass is 283 g/mol. The summed E-state index contributed by atoms with van der Waals surface area (Å²) in [5.74, 6) is 7.31. The minimum atomic E-state index is 0.0358. The number of hydrogen-bond donors (Lipinski definition) is 2. The van der Waals surface area contributed by atoms with Crippen LogP contribution in [0.25, 0.3) is 0 Å². The third kappa shape index (κ3) is 3.86. The van der Waals surface area contributed by atoms with Gasteiger partial charge in [0.2, 0.25) is 0 Å². The molecule has 2 aliphatic rings. The largest absolute Gasteiger partial charge is 0.395 e. The molecule has 3 nitrogen and oxygen atoms in total. The molecule has 0 heterocycles. The third-order valence-corrected chi connectivity index (χ3v) is 4.17. The molecule has 0 aliphatic heterocycles. The summed E-state index contributed by atoms with van der Waals surface area (Å²) in [6, 6.07) is 7.77. The smallest absolute Gasteiger partial charge is 0.251 e. The van der Waals surface area contributed by atoms with Gasteiger partial charge in [0.25, 0.3) is 5.91 Å². The highest BCUT2D eigenvalue weighted by atomic mass is 16.2. The molecule has 0 aromatic heterocycles. The standard InChI is InChI=1S/C18H21NO2/c20-12-2-1-3-13-4-6-16(7-5-13)18(21)19-17(14-8-9-14)15-10-11-15/h4-7,14-15,17,20H,2,8-12H2,(H,19,21). The number of aliphatic hydroxyl groups excluding tert-OH is 1. The summed E-state index contributed by atoms with van der Waals surface area (Å²) in [6.07, 6.45) is 5.54. The van der Waals surface area contributed by atoms with Crippen molar-refractivity contribution in [3.05, 3.63) is 35.4 Å². The number of aliphatic hydroxyl groups is 1. The lowest BCUT2D eigenvalue weighted by molar-refractivity contribution is 0.0926. The van der Waals surface area contributed by atoms with Gasteiger partial charge in [0.05, 0.1) is 6.61 Å². The van der Waals surface area contributed by atoms with Crippen LogP contribution in [0.5, 0.6) is 0 Å². The van der Waals surface area contributed by atoms with Crippen LogP contribution in [0.1, 0.15) is 48.0 Å². The Morgan fingerprint density at radius 3 is 2.33 bits per heavy atom. The van der Waals surface area contributed by atoms with Crippen LogP contribution >= 0.6 is 0 Å². The molecule has 0 spiro atoms. The molecule has 0 bridgehead atoms. The second-order valence-corrected chi connectivity index (χ2v) is 6.03. The van der Waals surface area contributed by atoms with Crippen molar-refractivity contribution < 1.29 is 9.90 Å². The number of carbonyl (C=O) groups excluding carboxylic acids is 1. The van der Waals surface area contributed by atoms with Gasteiger partial charge < -0.3 is 10.4 Å². The minimum Gasteiger partial charge on any atom is -0.395 e. The molecule has 1 aromatic carbocycles. The fourth-order valence-corrected chi connectivity index (χ4v) is 2.69. The van der Waals surface area contributed by atoms with Gasteiger partial charge >= 0.3 is 0 Å². The number of amides is 1. The first-order valence-electron chi connectivity index (χ1n) is 7.78. The van der Waals surface area contributed by atoms with Crippen LogP contribution in [-0.2, 0) is 0 Å². The molecule has 0 unspecified atom stereocenters. The van der Waals surface area contributed by atoms with Gasteiger partial charge in [0, 0.05) is 23.6 Å². The lowest BCUT2D eigenvalue weighted by Crippen LogP contribution is -2.38. The van der Waals surface area contributed by atoms with Gasteiger partial charge in [-0.3, -0.25) is 4.79 Å². The van der Waals surface area contributed by atoms with E-state index in [1.165, 1.54) is 25.7 Å². The van der Waals surface area contributed by atoms with Crippen molar-refractivity contribution in [3.63, 3.8) is 0 Å². The minimum absolute atomic E-state index is 0.0358. The Kier molecular flexibility index (Phi) is 4.26. The fraction of sp³-hybridized carbons (Fsp3) is 0.500. The molecule has 3 rings (SSSR count). The first-order valence-corrected chi connectivity index (χ1v) is 7.78. The SMILES string of the molecule is O=C(NC(C1CC1)C1CC1)c1ccc(C#CCCO)cc1. The lowest BCUT2D eigenvalue weighted by atomic mass is 10.1. The van der Waals surface area contributed by atoms with E-state index in [2.05, 4.69) is 17.2 Å². The van der Waals surface area contributed by atoms with Crippen molar-refractivity contribution in [2.75, 3.05) is 6.61 Å². The summed E-state index contributed by atoms with van der Waals surface area (Å²) in [7, 11) is 0. The van der Waals surface area contributed by atoms with E-state index in [4.69, 9.17) is 5.11 Å². The van der Waals surface area contributed by atoms with Crippen molar-refractivity contribution in [1.29, 1.82) is 0 Å². The summed E-state index contributed by atoms with van der Waals surface area (Å²) in [6.45, 7) is 0.0806. The Bertz CT molecular complexity index is 547. The summed E-state index contributed by atoms with van der Waals surface area (Å²) in [5, 5.41) is 11.9. The number of benzene rings is 1. The molecule has 0 radical (unpaired) electrons. The predicted molar refractivity (Wildman–Crippen MR) is 81.7 cm³/mol. The van der Waals surface area contributed by atoms with Gasteiger partial charge in [-0.05, 0) is 61.8 Å². The van der Waals surface area contributed by atoms with Crippen LogP contribution in [0.4, 0.5) is 0 Å². The van der Waals surface area contributed by atoms with E-state index in [0.717, 1.165) is 5.56 Å². The Labute approximate surface area is 125 Å². The Morgan fingerprint density at radius 2 is 1.81 bits per heavy atom. The zero-order valence-corrected chi connectivity index (χ0v) is 12.1. The highest BCUT2D eigenvalue weighted by molar-refractivity contribution is 5.94. The molecule has 21 heavy (non-hydrogen) atoms. The van der Waals surface area contributed by atoms with Crippen molar-refractivity contribution in [3.8, 4) is 11.8 Å². The molecule has 2 N–H and O–H groups in total. The second kappa shape index (κ2) is 6.32. The van der Waals surface area contributed by atoms with Gasteiger partial charge in [-0.1, -0.05) is 11.8 Å². The molecule has 0 atom stereocenters. The number of hydrogen-bond acceptors (Lipinski definition) is 2. The first kappa shape index (κ1) is 14.2. The van der Waals surface area contributed by atoms with Crippen LogP contribution in [0.2, 0.25) is 0 Å². The van der Waals surface area contributed by atoms with Crippen LogP contribution < -0.4 is 5.32 Å². The molecule has 1 amide bonds. The zero-order valence-electron chi connectivity index (χ0n) is 12.1. The maximum absolute atomic E-state index is 12.3. The second-order valence-electron chi connectivity index (χ2n) is 6.03.